The Bertz CT molecular complexity index is 496. The molecule has 0 bridgehead atoms. The first-order chi connectivity index (χ1) is 9.67. The van der Waals surface area contributed by atoms with E-state index in [0.29, 0.717) is 11.5 Å². The van der Waals surface area contributed by atoms with Crippen molar-refractivity contribution in [1.82, 2.24) is 4.90 Å². The third kappa shape index (κ3) is 3.30. The van der Waals surface area contributed by atoms with E-state index < -0.39 is 0 Å². The monoisotopic (exact) mass is 274 g/mol. The van der Waals surface area contributed by atoms with Gasteiger partial charge in [-0.15, -0.1) is 0 Å². The summed E-state index contributed by atoms with van der Waals surface area (Å²) >= 11 is 0. The van der Waals surface area contributed by atoms with E-state index >= 15 is 0 Å². The SMILES string of the molecule is CCC1CN(Cc2cc(C#N)ccc2OC)CCC1O. The molecule has 0 aliphatic carbocycles. The molecule has 1 aliphatic rings. The molecular weight excluding hydrogens is 252 g/mol. The van der Waals surface area contributed by atoms with Gasteiger partial charge in [-0.3, -0.25) is 4.90 Å². The summed E-state index contributed by atoms with van der Waals surface area (Å²) < 4.78 is 5.38. The molecule has 0 amide bonds. The highest BCUT2D eigenvalue weighted by atomic mass is 16.5. The molecular formula is C16H22N2O2. The van der Waals surface area contributed by atoms with Crippen molar-refractivity contribution < 1.29 is 9.84 Å². The number of hydrogen-bond acceptors (Lipinski definition) is 4. The van der Waals surface area contributed by atoms with Crippen molar-refractivity contribution in [3.8, 4) is 11.8 Å². The molecule has 1 heterocycles. The predicted octanol–water partition coefficient (Wildman–Crippen LogP) is 2.16. The Kier molecular flexibility index (Phi) is 4.99. The van der Waals surface area contributed by atoms with Gasteiger partial charge in [0.2, 0.25) is 0 Å². The highest BCUT2D eigenvalue weighted by Gasteiger charge is 2.26. The minimum Gasteiger partial charge on any atom is -0.496 e. The van der Waals surface area contributed by atoms with Crippen molar-refractivity contribution in [2.24, 2.45) is 5.92 Å². The van der Waals surface area contributed by atoms with Gasteiger partial charge in [-0.05, 0) is 37.0 Å². The lowest BCUT2D eigenvalue weighted by Crippen LogP contribution is -2.42. The van der Waals surface area contributed by atoms with Crippen LogP contribution in [0.5, 0.6) is 5.75 Å². The Labute approximate surface area is 120 Å². The lowest BCUT2D eigenvalue weighted by molar-refractivity contribution is 0.0220. The van der Waals surface area contributed by atoms with Gasteiger partial charge in [0.25, 0.3) is 0 Å². The molecule has 0 saturated carbocycles. The first kappa shape index (κ1) is 14.8. The van der Waals surface area contributed by atoms with Gasteiger partial charge in [-0.2, -0.15) is 5.26 Å². The van der Waals surface area contributed by atoms with Crippen LogP contribution in [0.3, 0.4) is 0 Å². The fourth-order valence-corrected chi connectivity index (χ4v) is 2.85. The van der Waals surface area contributed by atoms with E-state index in [2.05, 4.69) is 17.9 Å². The van der Waals surface area contributed by atoms with Crippen LogP contribution in [0.2, 0.25) is 0 Å². The van der Waals surface area contributed by atoms with Crippen LogP contribution in [0.4, 0.5) is 0 Å². The van der Waals surface area contributed by atoms with Gasteiger partial charge < -0.3 is 9.84 Å². The Hall–Kier alpha value is -1.57. The summed E-state index contributed by atoms with van der Waals surface area (Å²) in [4.78, 5) is 2.33. The summed E-state index contributed by atoms with van der Waals surface area (Å²) in [6.07, 6.45) is 1.63. The highest BCUT2D eigenvalue weighted by molar-refractivity contribution is 5.42. The van der Waals surface area contributed by atoms with Gasteiger partial charge in [0, 0.05) is 25.2 Å². The summed E-state index contributed by atoms with van der Waals surface area (Å²) in [6.45, 7) is 4.67. The Balaban J connectivity index is 2.11. The average Bonchev–Trinajstić information content (AvgIpc) is 2.49. The predicted molar refractivity (Wildman–Crippen MR) is 77.4 cm³/mol. The van der Waals surface area contributed by atoms with Crippen LogP contribution in [0.25, 0.3) is 0 Å². The van der Waals surface area contributed by atoms with Crippen LogP contribution in [-0.2, 0) is 6.54 Å². The second-order valence-corrected chi connectivity index (χ2v) is 5.40. The number of rotatable bonds is 4. The first-order valence-corrected chi connectivity index (χ1v) is 7.15. The summed E-state index contributed by atoms with van der Waals surface area (Å²) in [5.41, 5.74) is 1.70. The number of methoxy groups -OCH3 is 1. The van der Waals surface area contributed by atoms with Crippen molar-refractivity contribution >= 4 is 0 Å². The maximum Gasteiger partial charge on any atom is 0.123 e. The third-order valence-electron chi connectivity index (χ3n) is 4.11. The number of benzene rings is 1. The summed E-state index contributed by atoms with van der Waals surface area (Å²) in [6, 6.07) is 7.69. The highest BCUT2D eigenvalue weighted by Crippen LogP contribution is 2.25. The summed E-state index contributed by atoms with van der Waals surface area (Å²) in [5, 5.41) is 19.0. The molecule has 1 aromatic carbocycles. The van der Waals surface area contributed by atoms with Gasteiger partial charge in [-0.1, -0.05) is 6.92 Å². The molecule has 0 spiro atoms. The molecule has 2 atom stereocenters. The molecule has 1 saturated heterocycles. The maximum atomic E-state index is 9.94. The van der Waals surface area contributed by atoms with E-state index in [1.54, 1.807) is 13.2 Å². The van der Waals surface area contributed by atoms with Crippen LogP contribution < -0.4 is 4.74 Å². The second kappa shape index (κ2) is 6.74. The van der Waals surface area contributed by atoms with Crippen LogP contribution in [0.1, 0.15) is 30.9 Å². The number of nitriles is 1. The Morgan fingerprint density at radius 1 is 1.50 bits per heavy atom. The van der Waals surface area contributed by atoms with Gasteiger partial charge in [0.05, 0.1) is 24.8 Å². The summed E-state index contributed by atoms with van der Waals surface area (Å²) in [5.74, 6) is 1.16. The quantitative estimate of drug-likeness (QED) is 0.914. The van der Waals surface area contributed by atoms with Crippen LogP contribution in [0, 0.1) is 17.2 Å². The van der Waals surface area contributed by atoms with Crippen LogP contribution in [-0.4, -0.2) is 36.3 Å². The topological polar surface area (TPSA) is 56.5 Å². The number of piperidine rings is 1. The number of nitrogens with zero attached hydrogens (tertiary/aromatic N) is 2. The zero-order valence-corrected chi connectivity index (χ0v) is 12.2. The molecule has 1 aliphatic heterocycles. The molecule has 2 rings (SSSR count). The molecule has 0 aromatic heterocycles. The van der Waals surface area contributed by atoms with Gasteiger partial charge >= 0.3 is 0 Å². The van der Waals surface area contributed by atoms with E-state index in [0.717, 1.165) is 43.8 Å². The number of aliphatic hydroxyl groups excluding tert-OH is 1. The van der Waals surface area contributed by atoms with Gasteiger partial charge in [0.1, 0.15) is 5.75 Å². The summed E-state index contributed by atoms with van der Waals surface area (Å²) in [7, 11) is 1.65. The zero-order valence-electron chi connectivity index (χ0n) is 12.2. The number of hydrogen-bond donors (Lipinski definition) is 1. The molecule has 108 valence electrons. The first-order valence-electron chi connectivity index (χ1n) is 7.15. The number of aliphatic hydroxyl groups is 1. The zero-order chi connectivity index (χ0) is 14.5. The Morgan fingerprint density at radius 2 is 2.30 bits per heavy atom. The normalized spacial score (nSPS) is 23.3. The molecule has 4 nitrogen and oxygen atoms in total. The van der Waals surface area contributed by atoms with Gasteiger partial charge in [-0.25, -0.2) is 0 Å². The smallest absolute Gasteiger partial charge is 0.123 e. The van der Waals surface area contributed by atoms with E-state index in [1.807, 2.05) is 12.1 Å². The van der Waals surface area contributed by atoms with Crippen LogP contribution in [0.15, 0.2) is 18.2 Å². The number of likely N-dealkylation sites (tertiary alicyclic amines) is 1. The van der Waals surface area contributed by atoms with Crippen LogP contribution >= 0.6 is 0 Å². The molecule has 4 heteroatoms. The number of ether oxygens (including phenoxy) is 1. The molecule has 1 N–H and O–H groups in total. The van der Waals surface area contributed by atoms with Crippen molar-refractivity contribution in [3.05, 3.63) is 29.3 Å². The fourth-order valence-electron chi connectivity index (χ4n) is 2.85. The van der Waals surface area contributed by atoms with Crippen molar-refractivity contribution in [1.29, 1.82) is 5.26 Å². The van der Waals surface area contributed by atoms with E-state index in [4.69, 9.17) is 10.00 Å². The van der Waals surface area contributed by atoms with E-state index in [-0.39, 0.29) is 6.10 Å². The molecule has 0 radical (unpaired) electrons. The largest absolute Gasteiger partial charge is 0.496 e. The van der Waals surface area contributed by atoms with E-state index in [9.17, 15) is 5.11 Å². The average molecular weight is 274 g/mol. The molecule has 20 heavy (non-hydrogen) atoms. The second-order valence-electron chi connectivity index (χ2n) is 5.40. The third-order valence-corrected chi connectivity index (χ3v) is 4.11. The lowest BCUT2D eigenvalue weighted by atomic mass is 9.92. The molecule has 2 unspecified atom stereocenters. The molecule has 1 aromatic rings. The van der Waals surface area contributed by atoms with Crippen molar-refractivity contribution in [2.45, 2.75) is 32.4 Å². The minimum atomic E-state index is -0.177. The fraction of sp³-hybridized carbons (Fsp3) is 0.562. The maximum absolute atomic E-state index is 9.94. The van der Waals surface area contributed by atoms with Gasteiger partial charge in [0.15, 0.2) is 0 Å². The lowest BCUT2D eigenvalue weighted by Gasteiger charge is -2.36. The molecule has 1 fully saturated rings. The minimum absolute atomic E-state index is 0.177. The standard InChI is InChI=1S/C16H22N2O2/c1-3-13-10-18(7-6-15(13)19)11-14-8-12(9-17)4-5-16(14)20-2/h4-5,8,13,15,19H,3,6-7,10-11H2,1-2H3. The van der Waals surface area contributed by atoms with E-state index in [1.165, 1.54) is 0 Å². The van der Waals surface area contributed by atoms with Crippen molar-refractivity contribution in [2.75, 3.05) is 20.2 Å². The van der Waals surface area contributed by atoms with Crippen molar-refractivity contribution in [3.63, 3.8) is 0 Å². The Morgan fingerprint density at radius 3 is 2.95 bits per heavy atom.